The maximum Gasteiger partial charge on any atom is 0.136 e. The number of likely N-dealkylation sites (N-methyl/N-ethyl adjacent to an activating group) is 1. The van der Waals surface area contributed by atoms with Crippen LogP contribution in [0.2, 0.25) is 0 Å². The zero-order chi connectivity index (χ0) is 18.3. The third-order valence-corrected chi connectivity index (χ3v) is 4.91. The molecule has 5 nitrogen and oxygen atoms in total. The van der Waals surface area contributed by atoms with Gasteiger partial charge >= 0.3 is 0 Å². The third kappa shape index (κ3) is 5.79. The fraction of sp³-hybridized carbons (Fsp3) is 0.650. The Kier molecular flexibility index (Phi) is 7.39. The van der Waals surface area contributed by atoms with Crippen molar-refractivity contribution in [3.05, 3.63) is 35.4 Å². The van der Waals surface area contributed by atoms with Gasteiger partial charge in [-0.15, -0.1) is 0 Å². The quantitative estimate of drug-likeness (QED) is 0.912. The summed E-state index contributed by atoms with van der Waals surface area (Å²) in [4.78, 5) is 4.49. The van der Waals surface area contributed by atoms with Crippen molar-refractivity contribution in [1.82, 2.24) is 9.80 Å². The van der Waals surface area contributed by atoms with Crippen LogP contribution in [0.3, 0.4) is 0 Å². The van der Waals surface area contributed by atoms with Crippen LogP contribution in [-0.2, 0) is 11.3 Å². The summed E-state index contributed by atoms with van der Waals surface area (Å²) in [6.07, 6.45) is 1.58. The second-order valence-electron chi connectivity index (χ2n) is 7.25. The number of nitrogens with zero attached hydrogens (tertiary/aromatic N) is 3. The van der Waals surface area contributed by atoms with E-state index in [1.807, 2.05) is 38.1 Å². The first kappa shape index (κ1) is 19.9. The van der Waals surface area contributed by atoms with Crippen molar-refractivity contribution in [3.63, 3.8) is 0 Å². The molecule has 0 aromatic heterocycles. The van der Waals surface area contributed by atoms with Crippen LogP contribution >= 0.6 is 0 Å². The Morgan fingerprint density at radius 2 is 1.88 bits per heavy atom. The summed E-state index contributed by atoms with van der Waals surface area (Å²) in [5.74, 6) is 0. The van der Waals surface area contributed by atoms with Crippen molar-refractivity contribution in [2.75, 3.05) is 32.8 Å². The minimum absolute atomic E-state index is 0.581. The minimum atomic E-state index is -0.583. The second kappa shape index (κ2) is 9.30. The smallest absolute Gasteiger partial charge is 0.136 e. The zero-order valence-electron chi connectivity index (χ0n) is 15.7. The molecule has 0 radical (unpaired) electrons. The van der Waals surface area contributed by atoms with Gasteiger partial charge in [-0.05, 0) is 57.5 Å². The maximum atomic E-state index is 10.6. The van der Waals surface area contributed by atoms with E-state index in [2.05, 4.69) is 22.8 Å². The molecule has 0 spiro atoms. The summed E-state index contributed by atoms with van der Waals surface area (Å²) >= 11 is 0. The van der Waals surface area contributed by atoms with Gasteiger partial charge < -0.3 is 9.84 Å². The lowest BCUT2D eigenvalue weighted by Crippen LogP contribution is -2.51. The van der Waals surface area contributed by atoms with E-state index in [0.29, 0.717) is 12.2 Å². The largest absolute Gasteiger partial charge is 0.375 e. The molecule has 1 aliphatic heterocycles. The predicted octanol–water partition coefficient (Wildman–Crippen LogP) is 2.59. The van der Waals surface area contributed by atoms with Crippen LogP contribution in [0, 0.1) is 11.3 Å². The summed E-state index contributed by atoms with van der Waals surface area (Å²) in [7, 11) is 0. The van der Waals surface area contributed by atoms with Crippen molar-refractivity contribution in [2.45, 2.75) is 52.0 Å². The summed E-state index contributed by atoms with van der Waals surface area (Å²) in [6, 6.07) is 9.95. The third-order valence-electron chi connectivity index (χ3n) is 4.91. The molecule has 0 bridgehead atoms. The number of benzene rings is 1. The molecule has 1 fully saturated rings. The highest BCUT2D eigenvalue weighted by molar-refractivity contribution is 5.31. The first-order chi connectivity index (χ1) is 12.0. The van der Waals surface area contributed by atoms with Crippen molar-refractivity contribution in [2.24, 2.45) is 0 Å². The average molecular weight is 345 g/mol. The molecule has 1 atom stereocenters. The van der Waals surface area contributed by atoms with Crippen molar-refractivity contribution in [3.8, 4) is 6.07 Å². The molecule has 1 heterocycles. The Morgan fingerprint density at radius 1 is 1.20 bits per heavy atom. The van der Waals surface area contributed by atoms with E-state index in [4.69, 9.17) is 10.00 Å². The van der Waals surface area contributed by atoms with Crippen LogP contribution in [0.5, 0.6) is 0 Å². The number of aliphatic hydroxyl groups is 1. The Bertz CT molecular complexity index is 565. The van der Waals surface area contributed by atoms with Gasteiger partial charge in [0.05, 0.1) is 18.2 Å². The molecule has 1 aromatic carbocycles. The van der Waals surface area contributed by atoms with Gasteiger partial charge in [0.1, 0.15) is 11.8 Å². The molecule has 1 N–H and O–H groups in total. The lowest BCUT2D eigenvalue weighted by molar-refractivity contribution is -0.161. The molecular formula is C20H31N3O2. The van der Waals surface area contributed by atoms with Crippen LogP contribution in [-0.4, -0.2) is 59.5 Å². The fourth-order valence-electron chi connectivity index (χ4n) is 3.27. The van der Waals surface area contributed by atoms with Gasteiger partial charge in [-0.1, -0.05) is 19.1 Å². The van der Waals surface area contributed by atoms with E-state index in [9.17, 15) is 5.11 Å². The Labute approximate surface area is 151 Å². The molecular weight excluding hydrogens is 314 g/mol. The number of nitriles is 1. The number of ether oxygens (including phenoxy) is 1. The molecule has 1 aliphatic rings. The Hall–Kier alpha value is -1.45. The number of hydrogen-bond donors (Lipinski definition) is 1. The number of hydrogen-bond acceptors (Lipinski definition) is 5. The van der Waals surface area contributed by atoms with Gasteiger partial charge in [-0.25, -0.2) is 0 Å². The van der Waals surface area contributed by atoms with Gasteiger partial charge in [0, 0.05) is 19.6 Å². The molecule has 5 heteroatoms. The molecule has 25 heavy (non-hydrogen) atoms. The molecule has 0 amide bonds. The highest BCUT2D eigenvalue weighted by Crippen LogP contribution is 2.20. The van der Waals surface area contributed by atoms with Gasteiger partial charge in [0.25, 0.3) is 0 Å². The normalized spacial score (nSPS) is 23.6. The summed E-state index contributed by atoms with van der Waals surface area (Å²) in [5, 5.41) is 19.5. The predicted molar refractivity (Wildman–Crippen MR) is 99.0 cm³/mol. The highest BCUT2D eigenvalue weighted by atomic mass is 16.5. The van der Waals surface area contributed by atoms with Crippen LogP contribution in [0.4, 0.5) is 0 Å². The molecule has 2 rings (SSSR count). The SMILES string of the molecule is CCN1CCCCN(Cc2ccc(C#N)cc2)CCOC(C)(C)C1O. The topological polar surface area (TPSA) is 59.7 Å². The highest BCUT2D eigenvalue weighted by Gasteiger charge is 2.33. The van der Waals surface area contributed by atoms with Gasteiger partial charge in [0.15, 0.2) is 0 Å². The van der Waals surface area contributed by atoms with Crippen LogP contribution in [0.1, 0.15) is 44.7 Å². The van der Waals surface area contributed by atoms with Crippen molar-refractivity contribution in [1.29, 1.82) is 5.26 Å². The molecule has 0 aliphatic carbocycles. The first-order valence-electron chi connectivity index (χ1n) is 9.23. The molecule has 1 aromatic rings. The second-order valence-corrected chi connectivity index (χ2v) is 7.25. The van der Waals surface area contributed by atoms with Crippen LogP contribution in [0.25, 0.3) is 0 Å². The van der Waals surface area contributed by atoms with E-state index in [0.717, 1.165) is 45.6 Å². The first-order valence-corrected chi connectivity index (χ1v) is 9.23. The van der Waals surface area contributed by atoms with Crippen molar-refractivity contribution < 1.29 is 9.84 Å². The molecule has 1 saturated heterocycles. The van der Waals surface area contributed by atoms with E-state index in [1.54, 1.807) is 0 Å². The lowest BCUT2D eigenvalue weighted by atomic mass is 10.1. The fourth-order valence-corrected chi connectivity index (χ4v) is 3.27. The maximum absolute atomic E-state index is 10.6. The summed E-state index contributed by atoms with van der Waals surface area (Å²) in [5.41, 5.74) is 1.32. The van der Waals surface area contributed by atoms with Crippen LogP contribution in [0.15, 0.2) is 24.3 Å². The molecule has 1 unspecified atom stereocenters. The van der Waals surface area contributed by atoms with Gasteiger partial charge in [0.2, 0.25) is 0 Å². The molecule has 0 saturated carbocycles. The Balaban J connectivity index is 2.01. The van der Waals surface area contributed by atoms with E-state index in [-0.39, 0.29) is 0 Å². The van der Waals surface area contributed by atoms with E-state index >= 15 is 0 Å². The number of rotatable bonds is 3. The minimum Gasteiger partial charge on any atom is -0.375 e. The monoisotopic (exact) mass is 345 g/mol. The van der Waals surface area contributed by atoms with Crippen molar-refractivity contribution >= 4 is 0 Å². The van der Waals surface area contributed by atoms with Crippen LogP contribution < -0.4 is 0 Å². The Morgan fingerprint density at radius 3 is 2.52 bits per heavy atom. The van der Waals surface area contributed by atoms with Gasteiger partial charge in [-0.3, -0.25) is 9.80 Å². The van der Waals surface area contributed by atoms with Gasteiger partial charge in [-0.2, -0.15) is 5.26 Å². The zero-order valence-corrected chi connectivity index (χ0v) is 15.7. The summed E-state index contributed by atoms with van der Waals surface area (Å²) < 4.78 is 6.03. The number of aliphatic hydroxyl groups excluding tert-OH is 1. The average Bonchev–Trinajstić information content (AvgIpc) is 2.63. The van der Waals surface area contributed by atoms with E-state index < -0.39 is 11.8 Å². The van der Waals surface area contributed by atoms with E-state index in [1.165, 1.54) is 5.56 Å². The lowest BCUT2D eigenvalue weighted by Gasteiger charge is -2.38. The summed E-state index contributed by atoms with van der Waals surface area (Å²) in [6.45, 7) is 11.0. The molecule has 138 valence electrons. The standard InChI is InChI=1S/C20H31N3O2/c1-4-23-12-6-5-11-22(13-14-25-20(2,3)19(23)24)16-18-9-7-17(15-21)8-10-18/h7-10,19,24H,4-6,11-14,16H2,1-3H3.